The second-order valence-corrected chi connectivity index (χ2v) is 6.34. The van der Waals surface area contributed by atoms with Gasteiger partial charge in [0.05, 0.1) is 11.0 Å². The number of benzene rings is 1. The maximum Gasteiger partial charge on any atom is 0.114 e. The standard InChI is InChI=1S/C15H20BrN3/c1-2-3-10(9-17)15-18-13-8-11(16)4-7-14(13)19(15)12-5-6-12/h4,7-8,10,12H,2-3,5-6,9,17H2,1H3. The van der Waals surface area contributed by atoms with Gasteiger partial charge in [0.15, 0.2) is 0 Å². The average Bonchev–Trinajstić information content (AvgIpc) is 3.17. The van der Waals surface area contributed by atoms with Crippen LogP contribution in [-0.4, -0.2) is 16.1 Å². The first-order chi connectivity index (χ1) is 9.24. The number of hydrogen-bond donors (Lipinski definition) is 1. The molecule has 3 nitrogen and oxygen atoms in total. The smallest absolute Gasteiger partial charge is 0.114 e. The van der Waals surface area contributed by atoms with Crippen LogP contribution in [0.2, 0.25) is 0 Å². The molecule has 1 aliphatic carbocycles. The maximum absolute atomic E-state index is 5.97. The van der Waals surface area contributed by atoms with Gasteiger partial charge in [-0.1, -0.05) is 29.3 Å². The Morgan fingerprint density at radius 1 is 1.47 bits per heavy atom. The lowest BCUT2D eigenvalue weighted by atomic mass is 10.0. The van der Waals surface area contributed by atoms with Gasteiger partial charge in [0.25, 0.3) is 0 Å². The van der Waals surface area contributed by atoms with Crippen LogP contribution >= 0.6 is 15.9 Å². The summed E-state index contributed by atoms with van der Waals surface area (Å²) in [5, 5.41) is 0. The lowest BCUT2D eigenvalue weighted by Gasteiger charge is -2.16. The molecule has 1 saturated carbocycles. The molecule has 0 radical (unpaired) electrons. The molecule has 102 valence electrons. The van der Waals surface area contributed by atoms with Crippen LogP contribution in [0.3, 0.4) is 0 Å². The maximum atomic E-state index is 5.97. The molecule has 1 heterocycles. The highest BCUT2D eigenvalue weighted by atomic mass is 79.9. The Morgan fingerprint density at radius 3 is 2.89 bits per heavy atom. The lowest BCUT2D eigenvalue weighted by molar-refractivity contribution is 0.552. The first kappa shape index (κ1) is 13.1. The van der Waals surface area contributed by atoms with E-state index >= 15 is 0 Å². The summed E-state index contributed by atoms with van der Waals surface area (Å²) >= 11 is 3.53. The Kier molecular flexibility index (Phi) is 3.63. The Bertz CT molecular complexity index is 586. The van der Waals surface area contributed by atoms with Gasteiger partial charge in [0.1, 0.15) is 5.82 Å². The molecule has 2 N–H and O–H groups in total. The topological polar surface area (TPSA) is 43.8 Å². The van der Waals surface area contributed by atoms with Gasteiger partial charge in [-0.2, -0.15) is 0 Å². The monoisotopic (exact) mass is 321 g/mol. The van der Waals surface area contributed by atoms with Crippen molar-refractivity contribution in [3.8, 4) is 0 Å². The van der Waals surface area contributed by atoms with Crippen molar-refractivity contribution in [3.63, 3.8) is 0 Å². The molecule has 0 saturated heterocycles. The Morgan fingerprint density at radius 2 is 2.26 bits per heavy atom. The van der Waals surface area contributed by atoms with Crippen LogP contribution in [0.1, 0.15) is 50.4 Å². The van der Waals surface area contributed by atoms with Crippen molar-refractivity contribution >= 4 is 27.0 Å². The fraction of sp³-hybridized carbons (Fsp3) is 0.533. The predicted molar refractivity (Wildman–Crippen MR) is 82.4 cm³/mol. The molecule has 0 spiro atoms. The van der Waals surface area contributed by atoms with Crippen LogP contribution < -0.4 is 5.73 Å². The Hall–Kier alpha value is -0.870. The first-order valence-corrected chi connectivity index (χ1v) is 7.91. The highest BCUT2D eigenvalue weighted by molar-refractivity contribution is 9.10. The highest BCUT2D eigenvalue weighted by Gasteiger charge is 2.30. The fourth-order valence-corrected chi connectivity index (χ4v) is 3.14. The average molecular weight is 322 g/mol. The number of imidazole rings is 1. The molecule has 0 amide bonds. The van der Waals surface area contributed by atoms with Gasteiger partial charge in [-0.05, 0) is 37.5 Å². The molecule has 1 aromatic heterocycles. The van der Waals surface area contributed by atoms with E-state index in [0.717, 1.165) is 22.8 Å². The highest BCUT2D eigenvalue weighted by Crippen LogP contribution is 2.41. The fourth-order valence-electron chi connectivity index (χ4n) is 2.80. The summed E-state index contributed by atoms with van der Waals surface area (Å²) in [4.78, 5) is 4.88. The van der Waals surface area contributed by atoms with Crippen LogP contribution in [0.5, 0.6) is 0 Å². The summed E-state index contributed by atoms with van der Waals surface area (Å²) in [5.41, 5.74) is 8.32. The third-order valence-corrected chi connectivity index (χ3v) is 4.37. The molecule has 1 aromatic carbocycles. The molecule has 1 atom stereocenters. The zero-order valence-electron chi connectivity index (χ0n) is 11.3. The zero-order valence-corrected chi connectivity index (χ0v) is 12.9. The summed E-state index contributed by atoms with van der Waals surface area (Å²) in [6.45, 7) is 2.90. The van der Waals surface area contributed by atoms with Crippen LogP contribution in [0.4, 0.5) is 0 Å². The largest absolute Gasteiger partial charge is 0.330 e. The summed E-state index contributed by atoms with van der Waals surface area (Å²) < 4.78 is 3.53. The predicted octanol–water partition coefficient (Wildman–Crippen LogP) is 3.98. The molecule has 0 aliphatic heterocycles. The van der Waals surface area contributed by atoms with Gasteiger partial charge in [-0.3, -0.25) is 0 Å². The van der Waals surface area contributed by atoms with Crippen LogP contribution in [0.25, 0.3) is 11.0 Å². The van der Waals surface area contributed by atoms with Crippen molar-refractivity contribution < 1.29 is 0 Å². The van der Waals surface area contributed by atoms with E-state index in [1.54, 1.807) is 0 Å². The minimum Gasteiger partial charge on any atom is -0.330 e. The second kappa shape index (κ2) is 5.25. The molecular formula is C15H20BrN3. The number of nitrogens with zero attached hydrogens (tertiary/aromatic N) is 2. The van der Waals surface area contributed by atoms with E-state index < -0.39 is 0 Å². The number of aromatic nitrogens is 2. The quantitative estimate of drug-likeness (QED) is 0.905. The second-order valence-electron chi connectivity index (χ2n) is 5.43. The number of rotatable bonds is 5. The van der Waals surface area contributed by atoms with Crippen molar-refractivity contribution in [2.75, 3.05) is 6.54 Å². The molecule has 4 heteroatoms. The molecule has 2 aromatic rings. The third-order valence-electron chi connectivity index (χ3n) is 3.88. The molecule has 1 fully saturated rings. The minimum atomic E-state index is 0.386. The van der Waals surface area contributed by atoms with Crippen LogP contribution in [-0.2, 0) is 0 Å². The van der Waals surface area contributed by atoms with Gasteiger partial charge >= 0.3 is 0 Å². The summed E-state index contributed by atoms with van der Waals surface area (Å²) in [5.74, 6) is 1.58. The van der Waals surface area contributed by atoms with Gasteiger partial charge in [0.2, 0.25) is 0 Å². The van der Waals surface area contributed by atoms with Gasteiger partial charge in [-0.15, -0.1) is 0 Å². The van der Waals surface area contributed by atoms with Crippen molar-refractivity contribution in [2.24, 2.45) is 5.73 Å². The lowest BCUT2D eigenvalue weighted by Crippen LogP contribution is -2.17. The minimum absolute atomic E-state index is 0.386. The van der Waals surface area contributed by atoms with Crippen molar-refractivity contribution in [3.05, 3.63) is 28.5 Å². The van der Waals surface area contributed by atoms with Crippen molar-refractivity contribution in [1.82, 2.24) is 9.55 Å². The molecular weight excluding hydrogens is 302 g/mol. The third kappa shape index (κ3) is 2.43. The van der Waals surface area contributed by atoms with Crippen LogP contribution in [0, 0.1) is 0 Å². The van der Waals surface area contributed by atoms with E-state index in [0.29, 0.717) is 18.5 Å². The van der Waals surface area contributed by atoms with Gasteiger partial charge < -0.3 is 10.3 Å². The van der Waals surface area contributed by atoms with E-state index in [2.05, 4.69) is 45.6 Å². The van der Waals surface area contributed by atoms with E-state index in [1.165, 1.54) is 24.2 Å². The molecule has 1 unspecified atom stereocenters. The number of hydrogen-bond acceptors (Lipinski definition) is 2. The number of nitrogens with two attached hydrogens (primary N) is 1. The van der Waals surface area contributed by atoms with E-state index in [-0.39, 0.29) is 0 Å². The Labute approximate surface area is 122 Å². The van der Waals surface area contributed by atoms with Gasteiger partial charge in [-0.25, -0.2) is 4.98 Å². The van der Waals surface area contributed by atoms with Crippen molar-refractivity contribution in [1.29, 1.82) is 0 Å². The number of fused-ring (bicyclic) bond motifs is 1. The summed E-state index contributed by atoms with van der Waals surface area (Å²) in [7, 11) is 0. The molecule has 19 heavy (non-hydrogen) atoms. The first-order valence-electron chi connectivity index (χ1n) is 7.12. The number of halogens is 1. The normalized spacial score (nSPS) is 17.0. The summed E-state index contributed by atoms with van der Waals surface area (Å²) in [6, 6.07) is 7.03. The van der Waals surface area contributed by atoms with Crippen LogP contribution in [0.15, 0.2) is 22.7 Å². The molecule has 0 bridgehead atoms. The molecule has 3 rings (SSSR count). The molecule has 1 aliphatic rings. The van der Waals surface area contributed by atoms with E-state index in [1.807, 2.05) is 0 Å². The SMILES string of the molecule is CCCC(CN)c1nc2cc(Br)ccc2n1C1CC1. The zero-order chi connectivity index (χ0) is 13.4. The van der Waals surface area contributed by atoms with Gasteiger partial charge in [0, 0.05) is 23.0 Å². The summed E-state index contributed by atoms with van der Waals surface area (Å²) in [6.07, 6.45) is 4.82. The van der Waals surface area contributed by atoms with E-state index in [4.69, 9.17) is 10.7 Å². The van der Waals surface area contributed by atoms with Crippen molar-refractivity contribution in [2.45, 2.75) is 44.6 Å². The van der Waals surface area contributed by atoms with E-state index in [9.17, 15) is 0 Å². The Balaban J connectivity index is 2.13.